The number of aromatic nitrogens is 1. The Morgan fingerprint density at radius 1 is 1.08 bits per heavy atom. The summed E-state index contributed by atoms with van der Waals surface area (Å²) in [6, 6.07) is 11.8. The lowest BCUT2D eigenvalue weighted by molar-refractivity contribution is -0.147. The SMILES string of the molecule is Cc1cc(C(=O)COC(=O)[C@@H]2CCCN2C(=O)c2ccco2)c(C)n1CC1COc2ccccc2O1. The molecule has 0 saturated carbocycles. The number of nitrogens with zero attached hydrogens (tertiary/aromatic N) is 2. The second-order valence-electron chi connectivity index (χ2n) is 9.06. The zero-order valence-electron chi connectivity index (χ0n) is 20.3. The molecule has 0 N–H and O–H groups in total. The highest BCUT2D eigenvalue weighted by molar-refractivity contribution is 6.00. The Hall–Kier alpha value is -4.01. The van der Waals surface area contributed by atoms with Crippen molar-refractivity contribution in [2.75, 3.05) is 19.8 Å². The molecule has 1 fully saturated rings. The number of ether oxygens (including phenoxy) is 3. The number of hydrogen-bond acceptors (Lipinski definition) is 7. The van der Waals surface area contributed by atoms with Crippen LogP contribution in [0.15, 0.2) is 53.1 Å². The van der Waals surface area contributed by atoms with E-state index in [0.29, 0.717) is 43.9 Å². The molecule has 9 heteroatoms. The number of fused-ring (bicyclic) bond motifs is 1. The summed E-state index contributed by atoms with van der Waals surface area (Å²) < 4.78 is 24.4. The average molecular weight is 493 g/mol. The maximum atomic E-state index is 13.0. The molecule has 2 atom stereocenters. The van der Waals surface area contributed by atoms with Crippen molar-refractivity contribution in [3.05, 3.63) is 71.4 Å². The molecule has 5 rings (SSSR count). The predicted octanol–water partition coefficient (Wildman–Crippen LogP) is 3.57. The molecule has 3 aromatic rings. The lowest BCUT2D eigenvalue weighted by Gasteiger charge is -2.27. The van der Waals surface area contributed by atoms with E-state index in [1.165, 1.54) is 11.2 Å². The van der Waals surface area contributed by atoms with Crippen molar-refractivity contribution in [2.45, 2.75) is 45.4 Å². The minimum absolute atomic E-state index is 0.175. The number of esters is 1. The Kier molecular flexibility index (Phi) is 6.54. The Labute approximate surface area is 208 Å². The number of carbonyl (C=O) groups is 3. The molecule has 2 aliphatic rings. The smallest absolute Gasteiger partial charge is 0.329 e. The van der Waals surface area contributed by atoms with Gasteiger partial charge in [0.05, 0.1) is 12.8 Å². The van der Waals surface area contributed by atoms with Gasteiger partial charge in [-0.25, -0.2) is 4.79 Å². The molecule has 9 nitrogen and oxygen atoms in total. The van der Waals surface area contributed by atoms with Gasteiger partial charge in [0.1, 0.15) is 12.6 Å². The van der Waals surface area contributed by atoms with E-state index in [4.69, 9.17) is 18.6 Å². The molecule has 1 amide bonds. The molecule has 0 radical (unpaired) electrons. The first-order valence-electron chi connectivity index (χ1n) is 12.0. The number of ketones is 1. The summed E-state index contributed by atoms with van der Waals surface area (Å²) in [5, 5.41) is 0. The third-order valence-corrected chi connectivity index (χ3v) is 6.69. The van der Waals surface area contributed by atoms with Crippen LogP contribution in [0, 0.1) is 13.8 Å². The minimum Gasteiger partial charge on any atom is -0.486 e. The number of rotatable bonds is 7. The maximum Gasteiger partial charge on any atom is 0.329 e. The second kappa shape index (κ2) is 9.93. The van der Waals surface area contributed by atoms with Crippen molar-refractivity contribution in [1.82, 2.24) is 9.47 Å². The van der Waals surface area contributed by atoms with Gasteiger partial charge in [-0.2, -0.15) is 0 Å². The highest BCUT2D eigenvalue weighted by Crippen LogP contribution is 2.31. The van der Waals surface area contributed by atoms with Gasteiger partial charge in [-0.05, 0) is 57.0 Å². The maximum absolute atomic E-state index is 13.0. The zero-order valence-corrected chi connectivity index (χ0v) is 20.3. The van der Waals surface area contributed by atoms with E-state index in [1.54, 1.807) is 18.2 Å². The topological polar surface area (TPSA) is 100 Å². The van der Waals surface area contributed by atoms with Gasteiger partial charge >= 0.3 is 5.97 Å². The first-order chi connectivity index (χ1) is 17.4. The summed E-state index contributed by atoms with van der Waals surface area (Å²) in [4.78, 5) is 39.8. The summed E-state index contributed by atoms with van der Waals surface area (Å²) in [7, 11) is 0. The third-order valence-electron chi connectivity index (χ3n) is 6.69. The molecular weight excluding hydrogens is 464 g/mol. The fourth-order valence-electron chi connectivity index (χ4n) is 4.83. The van der Waals surface area contributed by atoms with E-state index < -0.39 is 18.6 Å². The van der Waals surface area contributed by atoms with Crippen LogP contribution in [0.25, 0.3) is 0 Å². The van der Waals surface area contributed by atoms with Crippen LogP contribution in [0.4, 0.5) is 0 Å². The number of hydrogen-bond donors (Lipinski definition) is 0. The Morgan fingerprint density at radius 2 is 1.89 bits per heavy atom. The van der Waals surface area contributed by atoms with Gasteiger partial charge in [0.15, 0.2) is 30.0 Å². The molecule has 4 heterocycles. The number of amides is 1. The number of likely N-dealkylation sites (tertiary alicyclic amines) is 1. The average Bonchev–Trinajstić information content (AvgIpc) is 3.65. The van der Waals surface area contributed by atoms with Crippen molar-refractivity contribution < 1.29 is 33.0 Å². The first-order valence-corrected chi connectivity index (χ1v) is 12.0. The minimum atomic E-state index is -0.728. The van der Waals surface area contributed by atoms with Gasteiger partial charge in [0, 0.05) is 23.5 Å². The molecule has 1 unspecified atom stereocenters. The van der Waals surface area contributed by atoms with Crippen LogP contribution >= 0.6 is 0 Å². The molecule has 188 valence electrons. The van der Waals surface area contributed by atoms with Crippen LogP contribution in [0.1, 0.15) is 45.1 Å². The van der Waals surface area contributed by atoms with Crippen molar-refractivity contribution in [3.8, 4) is 11.5 Å². The van der Waals surface area contributed by atoms with Gasteiger partial charge in [0.2, 0.25) is 5.78 Å². The summed E-state index contributed by atoms with van der Waals surface area (Å²) in [6.45, 7) is 4.75. The van der Waals surface area contributed by atoms with Gasteiger partial charge in [0.25, 0.3) is 5.91 Å². The van der Waals surface area contributed by atoms with Crippen molar-refractivity contribution in [3.63, 3.8) is 0 Å². The third kappa shape index (κ3) is 4.60. The van der Waals surface area contributed by atoms with Crippen LogP contribution in [0.5, 0.6) is 11.5 Å². The van der Waals surface area contributed by atoms with E-state index in [9.17, 15) is 14.4 Å². The van der Waals surface area contributed by atoms with Crippen LogP contribution in [0.3, 0.4) is 0 Å². The molecule has 0 aliphatic carbocycles. The summed E-state index contributed by atoms with van der Waals surface area (Å²) in [6.07, 6.45) is 2.38. The molecule has 2 aliphatic heterocycles. The molecule has 0 bridgehead atoms. The fourth-order valence-corrected chi connectivity index (χ4v) is 4.83. The summed E-state index contributed by atoms with van der Waals surface area (Å²) in [5.41, 5.74) is 2.16. The molecule has 0 spiro atoms. The molecule has 2 aromatic heterocycles. The molecule has 36 heavy (non-hydrogen) atoms. The standard InChI is InChI=1S/C27H28N2O7/c1-17-13-20(18(2)29(17)14-19-15-34-23-8-3-4-9-24(23)36-19)22(30)16-35-27(32)21-7-5-11-28(21)26(31)25-10-6-12-33-25/h3-4,6,8-10,12-13,19,21H,5,7,11,14-16H2,1-2H3/t19?,21-/m0/s1. The van der Waals surface area contributed by atoms with Gasteiger partial charge < -0.3 is 28.1 Å². The monoisotopic (exact) mass is 492 g/mol. The predicted molar refractivity (Wildman–Crippen MR) is 128 cm³/mol. The Balaban J connectivity index is 1.20. The fraction of sp³-hybridized carbons (Fsp3) is 0.370. The number of para-hydroxylation sites is 2. The van der Waals surface area contributed by atoms with Crippen molar-refractivity contribution in [1.29, 1.82) is 0 Å². The largest absolute Gasteiger partial charge is 0.486 e. The van der Waals surface area contributed by atoms with Crippen LogP contribution in [-0.2, 0) is 16.1 Å². The van der Waals surface area contributed by atoms with Crippen molar-refractivity contribution in [2.24, 2.45) is 0 Å². The number of carbonyl (C=O) groups excluding carboxylic acids is 3. The van der Waals surface area contributed by atoms with Gasteiger partial charge in [-0.1, -0.05) is 12.1 Å². The number of furan rings is 1. The van der Waals surface area contributed by atoms with Crippen LogP contribution in [0.2, 0.25) is 0 Å². The van der Waals surface area contributed by atoms with Crippen LogP contribution < -0.4 is 9.47 Å². The molecule has 1 saturated heterocycles. The number of aryl methyl sites for hydroxylation is 1. The van der Waals surface area contributed by atoms with E-state index in [-0.39, 0.29) is 23.6 Å². The Bertz CT molecular complexity index is 1280. The molecule has 1 aromatic carbocycles. The Morgan fingerprint density at radius 3 is 2.67 bits per heavy atom. The highest BCUT2D eigenvalue weighted by Gasteiger charge is 2.37. The van der Waals surface area contributed by atoms with Crippen LogP contribution in [-0.4, -0.2) is 59.0 Å². The van der Waals surface area contributed by atoms with E-state index in [2.05, 4.69) is 0 Å². The summed E-state index contributed by atoms with van der Waals surface area (Å²) >= 11 is 0. The van der Waals surface area contributed by atoms with E-state index >= 15 is 0 Å². The first kappa shape index (κ1) is 23.7. The number of benzene rings is 1. The van der Waals surface area contributed by atoms with E-state index in [1.807, 2.05) is 42.7 Å². The lowest BCUT2D eigenvalue weighted by Crippen LogP contribution is -2.41. The second-order valence-corrected chi connectivity index (χ2v) is 9.06. The normalized spacial score (nSPS) is 18.8. The zero-order chi connectivity index (χ0) is 25.2. The highest BCUT2D eigenvalue weighted by atomic mass is 16.6. The number of Topliss-reactive ketones (excluding diaryl/α,β-unsaturated/α-hetero) is 1. The summed E-state index contributed by atoms with van der Waals surface area (Å²) in [5.74, 6) is 0.363. The van der Waals surface area contributed by atoms with Gasteiger partial charge in [-0.15, -0.1) is 0 Å². The van der Waals surface area contributed by atoms with Crippen molar-refractivity contribution >= 4 is 17.7 Å². The van der Waals surface area contributed by atoms with Gasteiger partial charge in [-0.3, -0.25) is 9.59 Å². The van der Waals surface area contributed by atoms with E-state index in [0.717, 1.165) is 17.1 Å². The lowest BCUT2D eigenvalue weighted by atomic mass is 10.1. The molecular formula is C27H28N2O7. The quantitative estimate of drug-likeness (QED) is 0.367.